The maximum absolute atomic E-state index is 10.8. The number of ether oxygens (including phenoxy) is 1. The van der Waals surface area contributed by atoms with Gasteiger partial charge in [0.25, 0.3) is 0 Å². The van der Waals surface area contributed by atoms with Gasteiger partial charge in [-0.3, -0.25) is 4.79 Å². The lowest BCUT2D eigenvalue weighted by molar-refractivity contribution is -0.141. The second kappa shape index (κ2) is 7.63. The number of hydrogen-bond donors (Lipinski definition) is 2. The molecule has 0 aliphatic carbocycles. The molecule has 0 aliphatic heterocycles. The van der Waals surface area contributed by atoms with E-state index >= 15 is 0 Å². The summed E-state index contributed by atoms with van der Waals surface area (Å²) >= 11 is 0. The number of methoxy groups -OCH3 is 1. The second-order valence-electron chi connectivity index (χ2n) is 4.92. The van der Waals surface area contributed by atoms with Crippen molar-refractivity contribution in [2.24, 2.45) is 5.41 Å². The maximum atomic E-state index is 10.8. The van der Waals surface area contributed by atoms with Crippen LogP contribution in [0.1, 0.15) is 40.0 Å². The highest BCUT2D eigenvalue weighted by Gasteiger charge is 2.15. The van der Waals surface area contributed by atoms with Gasteiger partial charge in [-0.2, -0.15) is 0 Å². The molecular formula is C12H25NO3. The Morgan fingerprint density at radius 2 is 2.12 bits per heavy atom. The van der Waals surface area contributed by atoms with Crippen LogP contribution in [-0.4, -0.2) is 37.4 Å². The Morgan fingerprint density at radius 3 is 2.62 bits per heavy atom. The molecule has 0 aliphatic rings. The molecule has 0 amide bonds. The van der Waals surface area contributed by atoms with E-state index in [9.17, 15) is 9.90 Å². The van der Waals surface area contributed by atoms with Gasteiger partial charge in [0, 0.05) is 19.5 Å². The van der Waals surface area contributed by atoms with Gasteiger partial charge < -0.3 is 15.2 Å². The largest absolute Gasteiger partial charge is 0.469 e. The molecular weight excluding hydrogens is 206 g/mol. The van der Waals surface area contributed by atoms with Gasteiger partial charge in [0.1, 0.15) is 0 Å². The Bertz CT molecular complexity index is 204. The number of carbonyl (C=O) groups excluding carboxylic acids is 1. The number of nitrogens with one attached hydrogen (secondary N) is 1. The molecule has 0 spiro atoms. The Hall–Kier alpha value is -0.610. The van der Waals surface area contributed by atoms with Gasteiger partial charge in [-0.15, -0.1) is 0 Å². The van der Waals surface area contributed by atoms with Crippen LogP contribution in [0.3, 0.4) is 0 Å². The van der Waals surface area contributed by atoms with Gasteiger partial charge in [0.05, 0.1) is 13.2 Å². The lowest BCUT2D eigenvalue weighted by Crippen LogP contribution is -2.34. The van der Waals surface area contributed by atoms with E-state index in [4.69, 9.17) is 0 Å². The Labute approximate surface area is 98.4 Å². The van der Waals surface area contributed by atoms with Gasteiger partial charge in [-0.05, 0) is 18.3 Å². The molecule has 0 rings (SSSR count). The number of aliphatic hydroxyl groups is 1. The van der Waals surface area contributed by atoms with Crippen LogP contribution in [0.4, 0.5) is 0 Å². The number of rotatable bonds is 8. The molecule has 96 valence electrons. The fourth-order valence-electron chi connectivity index (χ4n) is 1.19. The lowest BCUT2D eigenvalue weighted by atomic mass is 9.90. The third-order valence-electron chi connectivity index (χ3n) is 2.85. The monoisotopic (exact) mass is 231 g/mol. The summed E-state index contributed by atoms with van der Waals surface area (Å²) < 4.78 is 4.51. The second-order valence-corrected chi connectivity index (χ2v) is 4.92. The first-order valence-electron chi connectivity index (χ1n) is 5.87. The van der Waals surface area contributed by atoms with E-state index in [1.165, 1.54) is 7.11 Å². The molecule has 0 heterocycles. The first-order valence-corrected chi connectivity index (χ1v) is 5.87. The first-order chi connectivity index (χ1) is 7.41. The molecule has 0 aromatic carbocycles. The smallest absolute Gasteiger partial charge is 0.305 e. The van der Waals surface area contributed by atoms with E-state index in [1.54, 1.807) is 0 Å². The topological polar surface area (TPSA) is 58.6 Å². The summed E-state index contributed by atoms with van der Waals surface area (Å²) in [4.78, 5) is 10.8. The maximum Gasteiger partial charge on any atom is 0.305 e. The van der Waals surface area contributed by atoms with Crippen molar-refractivity contribution < 1.29 is 14.6 Å². The third kappa shape index (κ3) is 7.65. The molecule has 1 unspecified atom stereocenters. The summed E-state index contributed by atoms with van der Waals surface area (Å²) in [6.07, 6.45) is 1.34. The first kappa shape index (κ1) is 15.4. The molecule has 0 aromatic rings. The van der Waals surface area contributed by atoms with Gasteiger partial charge >= 0.3 is 5.97 Å². The molecule has 1 atom stereocenters. The van der Waals surface area contributed by atoms with Crippen LogP contribution in [0.5, 0.6) is 0 Å². The molecule has 4 nitrogen and oxygen atoms in total. The fourth-order valence-corrected chi connectivity index (χ4v) is 1.19. The molecule has 4 heteroatoms. The van der Waals surface area contributed by atoms with Crippen LogP contribution >= 0.6 is 0 Å². The molecule has 0 saturated heterocycles. The zero-order valence-corrected chi connectivity index (χ0v) is 10.9. The minimum Gasteiger partial charge on any atom is -0.469 e. The predicted molar refractivity (Wildman–Crippen MR) is 64.2 cm³/mol. The van der Waals surface area contributed by atoms with Crippen molar-refractivity contribution >= 4 is 5.97 Å². The molecule has 0 radical (unpaired) electrons. The summed E-state index contributed by atoms with van der Waals surface area (Å²) in [7, 11) is 1.36. The Balaban J connectivity index is 3.58. The van der Waals surface area contributed by atoms with Gasteiger partial charge in [0.2, 0.25) is 0 Å². The number of aliphatic hydroxyl groups excluding tert-OH is 1. The highest BCUT2D eigenvalue weighted by molar-refractivity contribution is 5.69. The summed E-state index contributed by atoms with van der Waals surface area (Å²) in [6, 6.07) is 0. The van der Waals surface area contributed by atoms with Crippen molar-refractivity contribution in [3.63, 3.8) is 0 Å². The highest BCUT2D eigenvalue weighted by Crippen LogP contribution is 2.17. The van der Waals surface area contributed by atoms with E-state index < -0.39 is 6.10 Å². The fraction of sp³-hybridized carbons (Fsp3) is 0.917. The van der Waals surface area contributed by atoms with Crippen molar-refractivity contribution in [1.82, 2.24) is 5.32 Å². The van der Waals surface area contributed by atoms with E-state index in [0.717, 1.165) is 13.0 Å². The number of esters is 1. The van der Waals surface area contributed by atoms with Crippen molar-refractivity contribution in [2.45, 2.75) is 46.1 Å². The number of hydrogen-bond acceptors (Lipinski definition) is 4. The van der Waals surface area contributed by atoms with Crippen LogP contribution in [0.2, 0.25) is 0 Å². The van der Waals surface area contributed by atoms with E-state index in [2.05, 4.69) is 30.8 Å². The zero-order valence-electron chi connectivity index (χ0n) is 10.9. The lowest BCUT2D eigenvalue weighted by Gasteiger charge is -2.23. The van der Waals surface area contributed by atoms with Gasteiger partial charge in [-0.25, -0.2) is 0 Å². The summed E-state index contributed by atoms with van der Waals surface area (Å²) in [6.45, 7) is 7.91. The molecule has 0 aromatic heterocycles. The summed E-state index contributed by atoms with van der Waals surface area (Å²) in [5.74, 6) is -0.270. The highest BCUT2D eigenvalue weighted by atomic mass is 16.5. The van der Waals surface area contributed by atoms with Crippen molar-refractivity contribution in [3.05, 3.63) is 0 Å². The quantitative estimate of drug-likeness (QED) is 0.619. The third-order valence-corrected chi connectivity index (χ3v) is 2.85. The molecule has 0 fully saturated rings. The SMILES string of the molecule is CCC(C)(C)CNCC(O)CCC(=O)OC. The summed E-state index contributed by atoms with van der Waals surface area (Å²) in [5.41, 5.74) is 0.252. The van der Waals surface area contributed by atoms with Crippen LogP contribution in [-0.2, 0) is 9.53 Å². The van der Waals surface area contributed by atoms with Crippen molar-refractivity contribution in [1.29, 1.82) is 0 Å². The standard InChI is InChI=1S/C12H25NO3/c1-5-12(2,3)9-13-8-10(14)6-7-11(15)16-4/h10,13-14H,5-9H2,1-4H3. The van der Waals surface area contributed by atoms with E-state index in [1.807, 2.05) is 0 Å². The van der Waals surface area contributed by atoms with Crippen LogP contribution in [0.25, 0.3) is 0 Å². The number of carbonyl (C=O) groups is 1. The molecule has 2 N–H and O–H groups in total. The average molecular weight is 231 g/mol. The minimum atomic E-state index is -0.480. The minimum absolute atomic E-state index is 0.252. The van der Waals surface area contributed by atoms with E-state index in [-0.39, 0.29) is 17.8 Å². The summed E-state index contributed by atoms with van der Waals surface area (Å²) in [5, 5.41) is 12.8. The van der Waals surface area contributed by atoms with Crippen LogP contribution in [0.15, 0.2) is 0 Å². The van der Waals surface area contributed by atoms with Crippen molar-refractivity contribution in [2.75, 3.05) is 20.2 Å². The Morgan fingerprint density at radius 1 is 1.50 bits per heavy atom. The zero-order chi connectivity index (χ0) is 12.6. The predicted octanol–water partition coefficient (Wildman–Crippen LogP) is 1.33. The van der Waals surface area contributed by atoms with E-state index in [0.29, 0.717) is 13.0 Å². The molecule has 16 heavy (non-hydrogen) atoms. The van der Waals surface area contributed by atoms with Crippen LogP contribution < -0.4 is 5.32 Å². The van der Waals surface area contributed by atoms with Crippen LogP contribution in [0, 0.1) is 5.41 Å². The normalized spacial score (nSPS) is 13.6. The van der Waals surface area contributed by atoms with Gasteiger partial charge in [0.15, 0.2) is 0 Å². The van der Waals surface area contributed by atoms with Gasteiger partial charge in [-0.1, -0.05) is 20.8 Å². The average Bonchev–Trinajstić information content (AvgIpc) is 2.25. The molecule has 0 bridgehead atoms. The Kier molecular flexibility index (Phi) is 7.34. The van der Waals surface area contributed by atoms with Crippen molar-refractivity contribution in [3.8, 4) is 0 Å². The molecule has 0 saturated carbocycles.